The molecule has 1 aliphatic rings. The van der Waals surface area contributed by atoms with E-state index >= 15 is 0 Å². The zero-order valence-electron chi connectivity index (χ0n) is 18.1. The lowest BCUT2D eigenvalue weighted by Crippen LogP contribution is -2.37. The Labute approximate surface area is 179 Å². The highest BCUT2D eigenvalue weighted by atomic mass is 16.3. The van der Waals surface area contributed by atoms with Gasteiger partial charge >= 0.3 is 5.69 Å². The Balaban J connectivity index is 2.08. The molecule has 0 unspecified atom stereocenters. The van der Waals surface area contributed by atoms with E-state index in [-0.39, 0.29) is 0 Å². The summed E-state index contributed by atoms with van der Waals surface area (Å²) < 4.78 is 2.51. The largest absolute Gasteiger partial charge is 0.384 e. The fourth-order valence-corrected chi connectivity index (χ4v) is 4.69. The summed E-state index contributed by atoms with van der Waals surface area (Å²) in [4.78, 5) is 30.8. The van der Waals surface area contributed by atoms with Crippen LogP contribution in [0.15, 0.2) is 46.0 Å². The van der Waals surface area contributed by atoms with Crippen molar-refractivity contribution in [2.45, 2.75) is 26.9 Å². The standard InChI is InChI=1S/C25H23N3O3/c1-12-10-11-15(14(3)13(12)2)18-19-21(16-8-6-7-9-17(16)22(19)29)26-23-20(18)24(30)28(5)25(31)27(23)4/h6-11,22,29H,1-5H3/t22-/m0/s1. The van der Waals surface area contributed by atoms with Crippen LogP contribution in [0.5, 0.6) is 0 Å². The zero-order valence-corrected chi connectivity index (χ0v) is 18.1. The summed E-state index contributed by atoms with van der Waals surface area (Å²) >= 11 is 0. The van der Waals surface area contributed by atoms with Crippen LogP contribution in [0.4, 0.5) is 0 Å². The van der Waals surface area contributed by atoms with E-state index in [1.54, 1.807) is 7.05 Å². The van der Waals surface area contributed by atoms with Crippen molar-refractivity contribution in [3.8, 4) is 22.4 Å². The Hall–Kier alpha value is -3.51. The van der Waals surface area contributed by atoms with E-state index in [2.05, 4.69) is 13.8 Å². The number of fused-ring (bicyclic) bond motifs is 4. The van der Waals surface area contributed by atoms with Crippen LogP contribution in [0.25, 0.3) is 33.4 Å². The van der Waals surface area contributed by atoms with E-state index in [0.29, 0.717) is 27.9 Å². The summed E-state index contributed by atoms with van der Waals surface area (Å²) in [5, 5.41) is 11.7. The van der Waals surface area contributed by atoms with Crippen molar-refractivity contribution in [2.75, 3.05) is 0 Å². The van der Waals surface area contributed by atoms with E-state index in [0.717, 1.165) is 37.9 Å². The van der Waals surface area contributed by atoms with Gasteiger partial charge in [-0.3, -0.25) is 13.9 Å². The van der Waals surface area contributed by atoms with E-state index in [1.807, 2.05) is 43.3 Å². The Morgan fingerprint density at radius 2 is 1.61 bits per heavy atom. The highest BCUT2D eigenvalue weighted by molar-refractivity contribution is 6.00. The van der Waals surface area contributed by atoms with Crippen LogP contribution in [0.1, 0.15) is 33.9 Å². The minimum Gasteiger partial charge on any atom is -0.384 e. The topological polar surface area (TPSA) is 77.1 Å². The average Bonchev–Trinajstić information content (AvgIpc) is 3.06. The van der Waals surface area contributed by atoms with Gasteiger partial charge in [-0.15, -0.1) is 0 Å². The van der Waals surface area contributed by atoms with Crippen molar-refractivity contribution in [1.29, 1.82) is 0 Å². The second-order valence-electron chi connectivity index (χ2n) is 8.32. The molecule has 1 atom stereocenters. The molecule has 31 heavy (non-hydrogen) atoms. The molecule has 0 radical (unpaired) electrons. The maximum absolute atomic E-state index is 13.4. The Bertz CT molecular complexity index is 1540. The maximum Gasteiger partial charge on any atom is 0.332 e. The van der Waals surface area contributed by atoms with Crippen LogP contribution in [0.2, 0.25) is 0 Å². The summed E-state index contributed by atoms with van der Waals surface area (Å²) in [6, 6.07) is 11.6. The third-order valence-corrected chi connectivity index (χ3v) is 6.74. The third kappa shape index (κ3) is 2.45. The SMILES string of the molecule is Cc1ccc(-c2c3c(nc4c2c(=O)n(C)c(=O)n4C)-c2ccccc2[C@@H]3O)c(C)c1C. The fraction of sp³-hybridized carbons (Fsp3) is 0.240. The number of benzene rings is 2. The highest BCUT2D eigenvalue weighted by Crippen LogP contribution is 2.49. The molecule has 0 saturated heterocycles. The Morgan fingerprint density at radius 3 is 2.35 bits per heavy atom. The molecular weight excluding hydrogens is 390 g/mol. The van der Waals surface area contributed by atoms with Gasteiger partial charge in [0.05, 0.1) is 11.1 Å². The van der Waals surface area contributed by atoms with Crippen LogP contribution < -0.4 is 11.2 Å². The molecule has 0 fully saturated rings. The van der Waals surface area contributed by atoms with Crippen molar-refractivity contribution in [1.82, 2.24) is 14.1 Å². The number of rotatable bonds is 1. The van der Waals surface area contributed by atoms with E-state index in [9.17, 15) is 14.7 Å². The predicted molar refractivity (Wildman–Crippen MR) is 121 cm³/mol. The van der Waals surface area contributed by atoms with Gasteiger partial charge in [-0.2, -0.15) is 0 Å². The summed E-state index contributed by atoms with van der Waals surface area (Å²) in [5.74, 6) is 0. The summed E-state index contributed by atoms with van der Waals surface area (Å²) in [6.45, 7) is 6.13. The monoisotopic (exact) mass is 413 g/mol. The molecule has 2 aromatic heterocycles. The molecule has 0 amide bonds. The molecule has 1 N–H and O–H groups in total. The van der Waals surface area contributed by atoms with E-state index in [1.165, 1.54) is 11.6 Å². The Kier molecular flexibility index (Phi) is 4.07. The van der Waals surface area contributed by atoms with Gasteiger partial charge in [-0.1, -0.05) is 36.4 Å². The first kappa shape index (κ1) is 19.5. The molecule has 1 aliphatic carbocycles. The van der Waals surface area contributed by atoms with Crippen molar-refractivity contribution >= 4 is 11.0 Å². The minimum atomic E-state index is -0.902. The molecule has 0 spiro atoms. The molecule has 4 aromatic rings. The lowest BCUT2D eigenvalue weighted by molar-refractivity contribution is 0.225. The lowest BCUT2D eigenvalue weighted by Gasteiger charge is -2.19. The maximum atomic E-state index is 13.4. The molecule has 2 heterocycles. The number of aryl methyl sites for hydroxylation is 2. The number of hydrogen-bond donors (Lipinski definition) is 1. The summed E-state index contributed by atoms with van der Waals surface area (Å²) in [5.41, 5.74) is 7.13. The Morgan fingerprint density at radius 1 is 0.903 bits per heavy atom. The van der Waals surface area contributed by atoms with Gasteiger partial charge in [0.2, 0.25) is 0 Å². The first-order valence-electron chi connectivity index (χ1n) is 10.2. The van der Waals surface area contributed by atoms with Crippen LogP contribution in [0.3, 0.4) is 0 Å². The van der Waals surface area contributed by atoms with Gasteiger partial charge in [-0.25, -0.2) is 9.78 Å². The van der Waals surface area contributed by atoms with Crippen molar-refractivity contribution in [2.24, 2.45) is 14.1 Å². The molecule has 0 aliphatic heterocycles. The summed E-state index contributed by atoms with van der Waals surface area (Å²) in [7, 11) is 3.09. The first-order chi connectivity index (χ1) is 14.7. The number of aromatic nitrogens is 3. The normalized spacial score (nSPS) is 14.7. The number of nitrogens with zero attached hydrogens (tertiary/aromatic N) is 3. The first-order valence-corrected chi connectivity index (χ1v) is 10.2. The second-order valence-corrected chi connectivity index (χ2v) is 8.32. The van der Waals surface area contributed by atoms with Gasteiger partial charge in [0.25, 0.3) is 5.56 Å². The van der Waals surface area contributed by atoms with Gasteiger partial charge < -0.3 is 5.11 Å². The fourth-order valence-electron chi connectivity index (χ4n) is 4.69. The molecule has 5 rings (SSSR count). The lowest BCUT2D eigenvalue weighted by atomic mass is 9.88. The summed E-state index contributed by atoms with van der Waals surface area (Å²) in [6.07, 6.45) is -0.902. The number of hydrogen-bond acceptors (Lipinski definition) is 4. The van der Waals surface area contributed by atoms with E-state index in [4.69, 9.17) is 4.98 Å². The van der Waals surface area contributed by atoms with Gasteiger partial charge in [0.15, 0.2) is 5.65 Å². The van der Waals surface area contributed by atoms with Crippen LogP contribution in [-0.4, -0.2) is 19.2 Å². The molecule has 6 heteroatoms. The van der Waals surface area contributed by atoms with Crippen molar-refractivity contribution < 1.29 is 5.11 Å². The van der Waals surface area contributed by atoms with Gasteiger partial charge in [0, 0.05) is 30.8 Å². The quantitative estimate of drug-likeness (QED) is 0.520. The number of aliphatic hydroxyl groups excluding tert-OH is 1. The van der Waals surface area contributed by atoms with Crippen LogP contribution >= 0.6 is 0 Å². The molecule has 0 saturated carbocycles. The molecule has 156 valence electrons. The average molecular weight is 413 g/mol. The van der Waals surface area contributed by atoms with Gasteiger partial charge in [-0.05, 0) is 48.6 Å². The number of pyridine rings is 1. The van der Waals surface area contributed by atoms with Gasteiger partial charge in [0.1, 0.15) is 6.10 Å². The third-order valence-electron chi connectivity index (χ3n) is 6.74. The molecule has 6 nitrogen and oxygen atoms in total. The number of aliphatic hydroxyl groups is 1. The molecular formula is C25H23N3O3. The molecule has 0 bridgehead atoms. The molecule has 2 aromatic carbocycles. The van der Waals surface area contributed by atoms with E-state index < -0.39 is 17.4 Å². The second kappa shape index (κ2) is 6.49. The zero-order chi connectivity index (χ0) is 22.2. The van der Waals surface area contributed by atoms with Crippen LogP contribution in [0, 0.1) is 20.8 Å². The minimum absolute atomic E-state index is 0.323. The van der Waals surface area contributed by atoms with Crippen molar-refractivity contribution in [3.05, 3.63) is 85.1 Å². The highest BCUT2D eigenvalue weighted by Gasteiger charge is 2.34. The van der Waals surface area contributed by atoms with Crippen molar-refractivity contribution in [3.63, 3.8) is 0 Å². The smallest absolute Gasteiger partial charge is 0.332 e. The predicted octanol–water partition coefficient (Wildman–Crippen LogP) is 3.29. The van der Waals surface area contributed by atoms with Crippen LogP contribution in [-0.2, 0) is 14.1 Å².